The monoisotopic (exact) mass is 485 g/mol. The molecule has 3 aromatic rings. The van der Waals surface area contributed by atoms with E-state index in [1.165, 1.54) is 0 Å². The molecule has 0 aromatic heterocycles. The van der Waals surface area contributed by atoms with Gasteiger partial charge in [-0.2, -0.15) is 0 Å². The molecule has 2 aliphatic rings. The molecular formula is C28H27N3O5. The smallest absolute Gasteiger partial charge is 0.325 e. The normalized spacial score (nSPS) is 18.2. The summed E-state index contributed by atoms with van der Waals surface area (Å²) in [5.74, 6) is 0.339. The molecule has 0 radical (unpaired) electrons. The molecule has 0 bridgehead atoms. The number of nitrogens with one attached hydrogen (secondary N) is 2. The average Bonchev–Trinajstić information content (AvgIpc) is 3.39. The Morgan fingerprint density at radius 2 is 1.78 bits per heavy atom. The van der Waals surface area contributed by atoms with Crippen LogP contribution >= 0.6 is 0 Å². The van der Waals surface area contributed by atoms with E-state index < -0.39 is 17.5 Å². The van der Waals surface area contributed by atoms with E-state index >= 15 is 0 Å². The fourth-order valence-electron chi connectivity index (χ4n) is 4.81. The number of aryl methyl sites for hydroxylation is 1. The van der Waals surface area contributed by atoms with Crippen LogP contribution in [0.15, 0.2) is 72.8 Å². The van der Waals surface area contributed by atoms with E-state index in [1.807, 2.05) is 60.7 Å². The summed E-state index contributed by atoms with van der Waals surface area (Å²) in [6.45, 7) is 0.279. The third kappa shape index (κ3) is 4.37. The first-order valence-electron chi connectivity index (χ1n) is 11.8. The Morgan fingerprint density at radius 1 is 1.00 bits per heavy atom. The topological polar surface area (TPSA) is 97.0 Å². The zero-order chi connectivity index (χ0) is 25.1. The van der Waals surface area contributed by atoms with E-state index in [0.717, 1.165) is 27.2 Å². The van der Waals surface area contributed by atoms with Crippen LogP contribution in [0.5, 0.6) is 11.5 Å². The molecule has 1 saturated heterocycles. The Balaban J connectivity index is 1.19. The number of urea groups is 1. The van der Waals surface area contributed by atoms with E-state index in [-0.39, 0.29) is 19.0 Å². The lowest BCUT2D eigenvalue weighted by molar-refractivity contribution is -0.135. The number of ether oxygens (including phenoxy) is 2. The Morgan fingerprint density at radius 3 is 2.58 bits per heavy atom. The summed E-state index contributed by atoms with van der Waals surface area (Å²) in [7, 11) is 1.56. The van der Waals surface area contributed by atoms with Gasteiger partial charge in [-0.15, -0.1) is 0 Å². The van der Waals surface area contributed by atoms with Crippen LogP contribution in [0.3, 0.4) is 0 Å². The highest BCUT2D eigenvalue weighted by Gasteiger charge is 2.55. The van der Waals surface area contributed by atoms with Gasteiger partial charge in [0.15, 0.2) is 11.5 Å². The summed E-state index contributed by atoms with van der Waals surface area (Å²) >= 11 is 0. The van der Waals surface area contributed by atoms with E-state index in [4.69, 9.17) is 9.47 Å². The Labute approximate surface area is 209 Å². The molecular weight excluding hydrogens is 458 g/mol. The number of imide groups is 1. The zero-order valence-electron chi connectivity index (χ0n) is 20.0. The van der Waals surface area contributed by atoms with Crippen molar-refractivity contribution in [2.24, 2.45) is 0 Å². The highest BCUT2D eigenvalue weighted by atomic mass is 16.5. The van der Waals surface area contributed by atoms with Crippen LogP contribution in [-0.2, 0) is 34.7 Å². The van der Waals surface area contributed by atoms with Gasteiger partial charge in [0.25, 0.3) is 5.91 Å². The summed E-state index contributed by atoms with van der Waals surface area (Å²) in [4.78, 5) is 39.5. The van der Waals surface area contributed by atoms with Gasteiger partial charge in [0, 0.05) is 6.54 Å². The fourth-order valence-corrected chi connectivity index (χ4v) is 4.81. The van der Waals surface area contributed by atoms with E-state index in [9.17, 15) is 14.4 Å². The molecule has 4 amide bonds. The van der Waals surface area contributed by atoms with Gasteiger partial charge in [0.05, 0.1) is 7.11 Å². The standard InChI is InChI=1S/C28H27N3O5/c1-35-24-15-20(11-12-23(24)36-18-19-7-3-2-4-8-19)16-29-25(32)17-31-26(33)28(30-27(31)34)14-13-21-9-5-6-10-22(21)28/h2-12,15H,13-14,16-18H2,1H3,(H,29,32)(H,30,34)/t28-/m1/s1. The molecule has 8 nitrogen and oxygen atoms in total. The zero-order valence-corrected chi connectivity index (χ0v) is 20.0. The lowest BCUT2D eigenvalue weighted by atomic mass is 9.92. The van der Waals surface area contributed by atoms with Crippen molar-refractivity contribution in [3.8, 4) is 11.5 Å². The Hall–Kier alpha value is -4.33. The van der Waals surface area contributed by atoms with Gasteiger partial charge in [-0.3, -0.25) is 14.5 Å². The molecule has 3 aromatic carbocycles. The maximum atomic E-state index is 13.2. The first kappa shape index (κ1) is 23.4. The minimum absolute atomic E-state index is 0.214. The van der Waals surface area contributed by atoms with Gasteiger partial charge in [-0.1, -0.05) is 60.7 Å². The fraction of sp³-hybridized carbons (Fsp3) is 0.250. The molecule has 1 fully saturated rings. The molecule has 1 heterocycles. The number of benzene rings is 3. The number of rotatable bonds is 8. The van der Waals surface area contributed by atoms with Crippen LogP contribution in [0.1, 0.15) is 28.7 Å². The van der Waals surface area contributed by atoms with Gasteiger partial charge < -0.3 is 20.1 Å². The van der Waals surface area contributed by atoms with Crippen LogP contribution in [0.25, 0.3) is 0 Å². The molecule has 2 N–H and O–H groups in total. The first-order chi connectivity index (χ1) is 17.5. The number of methoxy groups -OCH3 is 1. The Bertz CT molecular complexity index is 1310. The molecule has 8 heteroatoms. The van der Waals surface area contributed by atoms with Crippen molar-refractivity contribution in [1.29, 1.82) is 0 Å². The molecule has 1 atom stereocenters. The predicted molar refractivity (Wildman–Crippen MR) is 132 cm³/mol. The third-order valence-electron chi connectivity index (χ3n) is 6.68. The van der Waals surface area contributed by atoms with Crippen molar-refractivity contribution in [2.45, 2.75) is 31.5 Å². The number of fused-ring (bicyclic) bond motifs is 2. The van der Waals surface area contributed by atoms with Crippen molar-refractivity contribution in [3.63, 3.8) is 0 Å². The summed E-state index contributed by atoms with van der Waals surface area (Å²) in [6.07, 6.45) is 1.20. The minimum Gasteiger partial charge on any atom is -0.493 e. The van der Waals surface area contributed by atoms with Gasteiger partial charge in [0.1, 0.15) is 18.7 Å². The number of amides is 4. The van der Waals surface area contributed by atoms with Crippen molar-refractivity contribution in [1.82, 2.24) is 15.5 Å². The van der Waals surface area contributed by atoms with E-state index in [1.54, 1.807) is 19.2 Å². The third-order valence-corrected chi connectivity index (χ3v) is 6.68. The minimum atomic E-state index is -1.07. The molecule has 1 aliphatic carbocycles. The summed E-state index contributed by atoms with van der Waals surface area (Å²) in [6, 6.07) is 22.3. The second kappa shape index (κ2) is 9.73. The molecule has 184 valence electrons. The largest absolute Gasteiger partial charge is 0.493 e. The quantitative estimate of drug-likeness (QED) is 0.478. The van der Waals surface area contributed by atoms with Gasteiger partial charge in [0.2, 0.25) is 5.91 Å². The second-order valence-corrected chi connectivity index (χ2v) is 8.92. The van der Waals surface area contributed by atoms with Crippen LogP contribution in [0.4, 0.5) is 4.79 Å². The SMILES string of the molecule is COc1cc(CNC(=O)CN2C(=O)N[C@@]3(CCc4ccccc43)C2=O)ccc1OCc1ccccc1. The lowest BCUT2D eigenvalue weighted by Crippen LogP contribution is -2.43. The maximum absolute atomic E-state index is 13.2. The van der Waals surface area contributed by atoms with Gasteiger partial charge >= 0.3 is 6.03 Å². The average molecular weight is 486 g/mol. The van der Waals surface area contributed by atoms with Crippen molar-refractivity contribution >= 4 is 17.8 Å². The van der Waals surface area contributed by atoms with Gasteiger partial charge in [-0.25, -0.2) is 4.79 Å². The summed E-state index contributed by atoms with van der Waals surface area (Å²) in [5.41, 5.74) is 2.62. The molecule has 1 spiro atoms. The molecule has 36 heavy (non-hydrogen) atoms. The number of hydrogen-bond donors (Lipinski definition) is 2. The van der Waals surface area contributed by atoms with E-state index in [2.05, 4.69) is 10.6 Å². The molecule has 5 rings (SSSR count). The number of nitrogens with zero attached hydrogens (tertiary/aromatic N) is 1. The summed E-state index contributed by atoms with van der Waals surface area (Å²) < 4.78 is 11.3. The van der Waals surface area contributed by atoms with Gasteiger partial charge in [-0.05, 0) is 47.2 Å². The highest BCUT2D eigenvalue weighted by molar-refractivity contribution is 6.09. The maximum Gasteiger partial charge on any atom is 0.325 e. The molecule has 0 saturated carbocycles. The summed E-state index contributed by atoms with van der Waals surface area (Å²) in [5, 5.41) is 5.62. The lowest BCUT2D eigenvalue weighted by Gasteiger charge is -2.22. The van der Waals surface area contributed by atoms with Crippen molar-refractivity contribution in [2.75, 3.05) is 13.7 Å². The number of carbonyl (C=O) groups excluding carboxylic acids is 3. The van der Waals surface area contributed by atoms with Crippen LogP contribution in [-0.4, -0.2) is 36.4 Å². The van der Waals surface area contributed by atoms with Crippen LogP contribution in [0, 0.1) is 0 Å². The number of hydrogen-bond acceptors (Lipinski definition) is 5. The number of carbonyl (C=O) groups is 3. The second-order valence-electron chi connectivity index (χ2n) is 8.92. The highest BCUT2D eigenvalue weighted by Crippen LogP contribution is 2.41. The van der Waals surface area contributed by atoms with Crippen LogP contribution in [0.2, 0.25) is 0 Å². The molecule has 0 unspecified atom stereocenters. The predicted octanol–water partition coefficient (Wildman–Crippen LogP) is 3.28. The van der Waals surface area contributed by atoms with Crippen molar-refractivity contribution in [3.05, 3.63) is 95.1 Å². The first-order valence-corrected chi connectivity index (χ1v) is 11.8. The van der Waals surface area contributed by atoms with Crippen molar-refractivity contribution < 1.29 is 23.9 Å². The Kier molecular flexibility index (Phi) is 6.33. The van der Waals surface area contributed by atoms with E-state index in [0.29, 0.717) is 30.9 Å². The van der Waals surface area contributed by atoms with Crippen LogP contribution < -0.4 is 20.1 Å². The molecule has 1 aliphatic heterocycles.